The Bertz CT molecular complexity index is 850. The van der Waals surface area contributed by atoms with Crippen LogP contribution in [-0.2, 0) is 14.3 Å². The maximum Gasteiger partial charge on any atom is 0.318 e. The molecule has 26 heavy (non-hydrogen) atoms. The minimum absolute atomic E-state index is 0.0203. The fourth-order valence-electron chi connectivity index (χ4n) is 2.25. The lowest BCUT2D eigenvalue weighted by Gasteiger charge is -2.19. The lowest BCUT2D eigenvalue weighted by atomic mass is 10.1. The predicted molar refractivity (Wildman–Crippen MR) is 100 cm³/mol. The van der Waals surface area contributed by atoms with Gasteiger partial charge in [-0.3, -0.25) is 14.9 Å². The highest BCUT2D eigenvalue weighted by Crippen LogP contribution is 2.34. The summed E-state index contributed by atoms with van der Waals surface area (Å²) in [5, 5.41) is 3.56. The highest BCUT2D eigenvalue weighted by Gasteiger charge is 2.27. The second-order valence-electron chi connectivity index (χ2n) is 5.94. The van der Waals surface area contributed by atoms with Gasteiger partial charge >= 0.3 is 12.0 Å². The predicted octanol–water partition coefficient (Wildman–Crippen LogP) is 2.16. The highest BCUT2D eigenvalue weighted by atomic mass is 32.2. The average molecular weight is 396 g/mol. The number of aromatic nitrogens is 2. The van der Waals surface area contributed by atoms with E-state index in [-0.39, 0.29) is 11.7 Å². The summed E-state index contributed by atoms with van der Waals surface area (Å²) in [5.41, 5.74) is 6.02. The summed E-state index contributed by atoms with van der Waals surface area (Å²) in [6, 6.07) is -0.988. The number of thiophene rings is 1. The Hall–Kier alpha value is -2.20. The second-order valence-corrected chi connectivity index (χ2v) is 8.11. The number of fused-ring (bicyclic) bond motifs is 1. The Morgan fingerprint density at radius 2 is 2.00 bits per heavy atom. The first kappa shape index (κ1) is 20.1. The Balaban J connectivity index is 2.06. The number of carbonyl (C=O) groups excluding carboxylic acids is 3. The molecule has 140 valence electrons. The van der Waals surface area contributed by atoms with Crippen LogP contribution in [0.4, 0.5) is 4.79 Å². The third-order valence-electron chi connectivity index (χ3n) is 3.63. The molecule has 8 nitrogen and oxygen atoms in total. The molecule has 0 saturated carbocycles. The molecule has 0 aliphatic carbocycles. The summed E-state index contributed by atoms with van der Waals surface area (Å²) in [7, 11) is 0. The minimum atomic E-state index is -1.09. The molecule has 0 aliphatic rings. The van der Waals surface area contributed by atoms with Gasteiger partial charge in [-0.1, -0.05) is 25.6 Å². The van der Waals surface area contributed by atoms with E-state index in [0.29, 0.717) is 5.03 Å². The van der Waals surface area contributed by atoms with Crippen molar-refractivity contribution >= 4 is 51.2 Å². The zero-order valence-electron chi connectivity index (χ0n) is 14.9. The quantitative estimate of drug-likeness (QED) is 0.435. The number of ether oxygens (including phenoxy) is 1. The number of hydrogen-bond donors (Lipinski definition) is 2. The van der Waals surface area contributed by atoms with Crippen molar-refractivity contribution in [2.75, 3.05) is 5.75 Å². The van der Waals surface area contributed by atoms with Crippen LogP contribution < -0.4 is 11.1 Å². The molecular weight excluding hydrogens is 376 g/mol. The molecule has 0 spiro atoms. The molecule has 3 N–H and O–H groups in total. The summed E-state index contributed by atoms with van der Waals surface area (Å²) in [6.45, 7) is 7.41. The van der Waals surface area contributed by atoms with Gasteiger partial charge in [0.2, 0.25) is 0 Å². The summed E-state index contributed by atoms with van der Waals surface area (Å²) in [4.78, 5) is 45.4. The molecule has 0 aliphatic heterocycles. The number of nitrogens with two attached hydrogens (primary N) is 1. The number of nitrogens with one attached hydrogen (secondary N) is 1. The molecule has 0 radical (unpaired) electrons. The van der Waals surface area contributed by atoms with Gasteiger partial charge in [0.25, 0.3) is 5.91 Å². The number of carbonyl (C=O) groups is 3. The molecule has 0 unspecified atom stereocenters. The molecule has 0 bridgehead atoms. The van der Waals surface area contributed by atoms with Crippen LogP contribution in [0.2, 0.25) is 0 Å². The van der Waals surface area contributed by atoms with Crippen molar-refractivity contribution in [3.63, 3.8) is 0 Å². The number of primary amides is 1. The number of nitrogens with zero attached hydrogens (tertiary/aromatic N) is 2. The van der Waals surface area contributed by atoms with E-state index in [1.807, 2.05) is 19.2 Å². The number of hydrogen-bond acceptors (Lipinski definition) is 8. The molecule has 0 aromatic carbocycles. The fraction of sp³-hybridized carbons (Fsp3) is 0.438. The Morgan fingerprint density at radius 3 is 2.62 bits per heavy atom. The molecule has 2 aromatic heterocycles. The number of urea groups is 1. The lowest BCUT2D eigenvalue weighted by Crippen LogP contribution is -2.45. The molecule has 2 aromatic rings. The number of aryl methyl sites for hydroxylation is 2. The van der Waals surface area contributed by atoms with E-state index in [9.17, 15) is 14.4 Å². The summed E-state index contributed by atoms with van der Waals surface area (Å²) in [6.07, 6.45) is 0.369. The van der Waals surface area contributed by atoms with Gasteiger partial charge in [-0.25, -0.2) is 14.8 Å². The molecule has 2 rings (SSSR count). The Morgan fingerprint density at radius 1 is 1.31 bits per heavy atom. The standard InChI is InChI=1S/C16H20N4O4S2/c1-7(2)12(13(22)20-16(17)23)24-10(21)5-25-14-11-8(3)9(4)26-15(11)19-6-18-14/h6-7,12H,5H2,1-4H3,(H3,17,20,22,23)/t12-/m1/s1. The van der Waals surface area contributed by atoms with Gasteiger partial charge in [-0.2, -0.15) is 0 Å². The van der Waals surface area contributed by atoms with Crippen LogP contribution in [0.15, 0.2) is 11.4 Å². The second kappa shape index (κ2) is 8.45. The highest BCUT2D eigenvalue weighted by molar-refractivity contribution is 8.00. The Labute approximate surface area is 158 Å². The van der Waals surface area contributed by atoms with Gasteiger partial charge < -0.3 is 10.5 Å². The van der Waals surface area contributed by atoms with Crippen molar-refractivity contribution in [1.29, 1.82) is 0 Å². The molecule has 2 heterocycles. The normalized spacial score (nSPS) is 12.2. The smallest absolute Gasteiger partial charge is 0.318 e. The topological polar surface area (TPSA) is 124 Å². The van der Waals surface area contributed by atoms with E-state index in [1.54, 1.807) is 25.2 Å². The molecule has 0 fully saturated rings. The van der Waals surface area contributed by atoms with Gasteiger partial charge in [0.15, 0.2) is 6.10 Å². The first-order valence-corrected chi connectivity index (χ1v) is 9.64. The maximum absolute atomic E-state index is 12.2. The molecular formula is C16H20N4O4S2. The summed E-state index contributed by atoms with van der Waals surface area (Å²) in [5.74, 6) is -1.65. The van der Waals surface area contributed by atoms with Gasteiger partial charge in [-0.05, 0) is 25.3 Å². The van der Waals surface area contributed by atoms with Crippen LogP contribution in [-0.4, -0.2) is 39.7 Å². The van der Waals surface area contributed by atoms with E-state index in [4.69, 9.17) is 10.5 Å². The van der Waals surface area contributed by atoms with Crippen LogP contribution in [0.5, 0.6) is 0 Å². The fourth-order valence-corrected chi connectivity index (χ4v) is 4.15. The number of esters is 1. The number of amides is 3. The van der Waals surface area contributed by atoms with Crippen molar-refractivity contribution < 1.29 is 19.1 Å². The van der Waals surface area contributed by atoms with Crippen LogP contribution in [0.1, 0.15) is 24.3 Å². The molecule has 3 amide bonds. The van der Waals surface area contributed by atoms with Crippen LogP contribution in [0.3, 0.4) is 0 Å². The van der Waals surface area contributed by atoms with E-state index in [2.05, 4.69) is 9.97 Å². The first-order chi connectivity index (χ1) is 12.2. The zero-order chi connectivity index (χ0) is 19.4. The maximum atomic E-state index is 12.2. The van der Waals surface area contributed by atoms with Crippen molar-refractivity contribution in [3.8, 4) is 0 Å². The van der Waals surface area contributed by atoms with Crippen molar-refractivity contribution in [2.45, 2.75) is 38.8 Å². The molecule has 0 saturated heterocycles. The SMILES string of the molecule is Cc1sc2ncnc(SCC(=O)O[C@@H](C(=O)NC(N)=O)C(C)C)c2c1C. The lowest BCUT2D eigenvalue weighted by molar-refractivity contribution is -0.155. The first-order valence-electron chi connectivity index (χ1n) is 7.84. The Kier molecular flexibility index (Phi) is 6.54. The number of imide groups is 1. The largest absolute Gasteiger partial charge is 0.451 e. The van der Waals surface area contributed by atoms with Crippen molar-refractivity contribution in [1.82, 2.24) is 15.3 Å². The molecule has 10 heteroatoms. The van der Waals surface area contributed by atoms with Crippen LogP contribution >= 0.6 is 23.1 Å². The van der Waals surface area contributed by atoms with Crippen LogP contribution in [0.25, 0.3) is 10.2 Å². The van der Waals surface area contributed by atoms with E-state index in [0.717, 1.165) is 20.7 Å². The minimum Gasteiger partial charge on any atom is -0.451 e. The van der Waals surface area contributed by atoms with Gasteiger partial charge in [0.1, 0.15) is 16.2 Å². The molecule has 1 atom stereocenters. The van der Waals surface area contributed by atoms with E-state index in [1.165, 1.54) is 18.1 Å². The van der Waals surface area contributed by atoms with Gasteiger partial charge in [0, 0.05) is 10.3 Å². The number of rotatable bonds is 6. The van der Waals surface area contributed by atoms with E-state index >= 15 is 0 Å². The van der Waals surface area contributed by atoms with Crippen molar-refractivity contribution in [2.24, 2.45) is 11.7 Å². The van der Waals surface area contributed by atoms with E-state index < -0.39 is 24.0 Å². The summed E-state index contributed by atoms with van der Waals surface area (Å²) < 4.78 is 5.22. The van der Waals surface area contributed by atoms with Crippen molar-refractivity contribution in [3.05, 3.63) is 16.8 Å². The number of thioether (sulfide) groups is 1. The zero-order valence-corrected chi connectivity index (χ0v) is 16.5. The monoisotopic (exact) mass is 396 g/mol. The third-order valence-corrected chi connectivity index (χ3v) is 5.70. The third kappa shape index (κ3) is 4.70. The summed E-state index contributed by atoms with van der Waals surface area (Å²) >= 11 is 2.80. The van der Waals surface area contributed by atoms with Gasteiger partial charge in [0.05, 0.1) is 5.75 Å². The average Bonchev–Trinajstić information content (AvgIpc) is 2.84. The van der Waals surface area contributed by atoms with Crippen LogP contribution in [0, 0.1) is 19.8 Å². The van der Waals surface area contributed by atoms with Gasteiger partial charge in [-0.15, -0.1) is 11.3 Å².